The van der Waals surface area contributed by atoms with E-state index in [2.05, 4.69) is 29.3 Å². The summed E-state index contributed by atoms with van der Waals surface area (Å²) in [6, 6.07) is 16.1. The summed E-state index contributed by atoms with van der Waals surface area (Å²) >= 11 is 0. The number of nitrogens with zero attached hydrogens (tertiary/aromatic N) is 3. The zero-order valence-electron chi connectivity index (χ0n) is 18.8. The van der Waals surface area contributed by atoms with Crippen LogP contribution in [0.1, 0.15) is 22.8 Å². The molecule has 0 aromatic heterocycles. The number of rotatable bonds is 6. The molecule has 7 nitrogen and oxygen atoms in total. The van der Waals surface area contributed by atoms with Crippen molar-refractivity contribution in [2.45, 2.75) is 19.6 Å². The fraction of sp³-hybridized carbons (Fsp3) is 0.417. The number of aliphatic imine (C=N–C) groups is 1. The minimum Gasteiger partial charge on any atom is -0.497 e. The van der Waals surface area contributed by atoms with Crippen molar-refractivity contribution in [2.24, 2.45) is 4.99 Å². The Kier molecular flexibility index (Phi) is 7.89. The number of amides is 1. The summed E-state index contributed by atoms with van der Waals surface area (Å²) in [6.45, 7) is 4.80. The molecule has 7 heteroatoms. The van der Waals surface area contributed by atoms with Gasteiger partial charge in [-0.15, -0.1) is 0 Å². The van der Waals surface area contributed by atoms with Crippen molar-refractivity contribution in [3.63, 3.8) is 0 Å². The van der Waals surface area contributed by atoms with Crippen molar-refractivity contribution >= 4 is 11.9 Å². The number of likely N-dealkylation sites (N-methyl/N-ethyl adjacent to an activating group) is 1. The van der Waals surface area contributed by atoms with Gasteiger partial charge in [-0.25, -0.2) is 4.99 Å². The van der Waals surface area contributed by atoms with Crippen molar-refractivity contribution < 1.29 is 14.3 Å². The highest BCUT2D eigenvalue weighted by molar-refractivity contribution is 5.86. The number of carbonyl (C=O) groups is 1. The first-order valence-corrected chi connectivity index (χ1v) is 10.5. The number of hydrogen-bond donors (Lipinski definition) is 1. The van der Waals surface area contributed by atoms with E-state index < -0.39 is 0 Å². The molecule has 1 aliphatic rings. The first-order valence-electron chi connectivity index (χ1n) is 10.5. The summed E-state index contributed by atoms with van der Waals surface area (Å²) in [4.78, 5) is 20.7. The molecule has 1 heterocycles. The van der Waals surface area contributed by atoms with E-state index in [0.717, 1.165) is 11.3 Å². The molecule has 0 spiro atoms. The van der Waals surface area contributed by atoms with Crippen LogP contribution in [-0.4, -0.2) is 69.1 Å². The normalized spacial score (nSPS) is 16.7. The van der Waals surface area contributed by atoms with E-state index in [1.165, 1.54) is 11.1 Å². The minimum absolute atomic E-state index is 0.000797. The number of aryl methyl sites for hydroxylation is 1. The third-order valence-corrected chi connectivity index (χ3v) is 5.37. The molecule has 1 saturated heterocycles. The molecule has 0 aliphatic carbocycles. The number of benzene rings is 2. The van der Waals surface area contributed by atoms with Gasteiger partial charge in [0.15, 0.2) is 5.96 Å². The molecular formula is C24H32N4O3. The second kappa shape index (κ2) is 10.8. The predicted octanol–water partition coefficient (Wildman–Crippen LogP) is 2.61. The van der Waals surface area contributed by atoms with Crippen LogP contribution in [0.2, 0.25) is 0 Å². The Morgan fingerprint density at radius 3 is 2.65 bits per heavy atom. The predicted molar refractivity (Wildman–Crippen MR) is 122 cm³/mol. The molecule has 1 amide bonds. The van der Waals surface area contributed by atoms with Gasteiger partial charge in [-0.3, -0.25) is 4.79 Å². The Morgan fingerprint density at radius 2 is 1.97 bits per heavy atom. The summed E-state index contributed by atoms with van der Waals surface area (Å²) in [5, 5.41) is 3.25. The van der Waals surface area contributed by atoms with Gasteiger partial charge in [-0.2, -0.15) is 0 Å². The van der Waals surface area contributed by atoms with Crippen LogP contribution in [0.25, 0.3) is 0 Å². The Morgan fingerprint density at radius 1 is 1.23 bits per heavy atom. The third kappa shape index (κ3) is 6.21. The highest BCUT2D eigenvalue weighted by Gasteiger charge is 2.25. The van der Waals surface area contributed by atoms with E-state index in [0.29, 0.717) is 32.2 Å². The molecule has 0 saturated carbocycles. The topological polar surface area (TPSA) is 66.4 Å². The van der Waals surface area contributed by atoms with Gasteiger partial charge in [0.1, 0.15) is 11.9 Å². The van der Waals surface area contributed by atoms with Crippen molar-refractivity contribution in [3.05, 3.63) is 65.2 Å². The molecule has 31 heavy (non-hydrogen) atoms. The van der Waals surface area contributed by atoms with Crippen molar-refractivity contribution in [3.8, 4) is 5.75 Å². The first kappa shape index (κ1) is 22.6. The van der Waals surface area contributed by atoms with E-state index in [-0.39, 0.29) is 18.6 Å². The van der Waals surface area contributed by atoms with Gasteiger partial charge >= 0.3 is 0 Å². The van der Waals surface area contributed by atoms with Crippen LogP contribution in [-0.2, 0) is 16.1 Å². The van der Waals surface area contributed by atoms with Gasteiger partial charge in [-0.05, 0) is 35.7 Å². The lowest BCUT2D eigenvalue weighted by Gasteiger charge is -2.36. The number of ether oxygens (including phenoxy) is 2. The number of morpholine rings is 1. The summed E-state index contributed by atoms with van der Waals surface area (Å²) < 4.78 is 11.3. The largest absolute Gasteiger partial charge is 0.497 e. The van der Waals surface area contributed by atoms with Crippen LogP contribution >= 0.6 is 0 Å². The first-order chi connectivity index (χ1) is 15.0. The van der Waals surface area contributed by atoms with Crippen LogP contribution in [0.3, 0.4) is 0 Å². The monoisotopic (exact) mass is 424 g/mol. The van der Waals surface area contributed by atoms with E-state index >= 15 is 0 Å². The SMILES string of the molecule is COc1ccc(CN=C(NCC(=O)N(C)C)N2CCOC(c3ccccc3C)C2)cc1. The van der Waals surface area contributed by atoms with Crippen LogP contribution in [0, 0.1) is 6.92 Å². The van der Waals surface area contributed by atoms with Gasteiger partial charge < -0.3 is 24.6 Å². The van der Waals surface area contributed by atoms with Crippen LogP contribution in [0.15, 0.2) is 53.5 Å². The zero-order chi connectivity index (χ0) is 22.2. The molecule has 1 aliphatic heterocycles. The Bertz CT molecular complexity index is 896. The second-order valence-electron chi connectivity index (χ2n) is 7.79. The van der Waals surface area contributed by atoms with E-state index in [4.69, 9.17) is 14.5 Å². The van der Waals surface area contributed by atoms with Crippen LogP contribution < -0.4 is 10.1 Å². The summed E-state index contributed by atoms with van der Waals surface area (Å²) in [5.74, 6) is 1.53. The van der Waals surface area contributed by atoms with E-state index in [9.17, 15) is 4.79 Å². The molecule has 1 atom stereocenters. The second-order valence-corrected chi connectivity index (χ2v) is 7.79. The molecule has 1 unspecified atom stereocenters. The lowest BCUT2D eigenvalue weighted by molar-refractivity contribution is -0.127. The summed E-state index contributed by atoms with van der Waals surface area (Å²) in [6.07, 6.45) is -0.0347. The van der Waals surface area contributed by atoms with Gasteiger partial charge in [0.05, 0.1) is 33.4 Å². The van der Waals surface area contributed by atoms with Crippen LogP contribution in [0.4, 0.5) is 0 Å². The molecule has 1 fully saturated rings. The molecule has 2 aromatic rings. The number of hydrogen-bond acceptors (Lipinski definition) is 4. The highest BCUT2D eigenvalue weighted by atomic mass is 16.5. The minimum atomic E-state index is -0.0347. The van der Waals surface area contributed by atoms with E-state index in [1.54, 1.807) is 26.1 Å². The molecule has 0 bridgehead atoms. The van der Waals surface area contributed by atoms with E-state index in [1.807, 2.05) is 36.4 Å². The van der Waals surface area contributed by atoms with Gasteiger partial charge in [0.25, 0.3) is 0 Å². The Labute approximate surface area is 184 Å². The number of methoxy groups -OCH3 is 1. The van der Waals surface area contributed by atoms with Crippen molar-refractivity contribution in [1.29, 1.82) is 0 Å². The molecule has 1 N–H and O–H groups in total. The standard InChI is InChI=1S/C24H32N4O3/c1-18-7-5-6-8-21(18)22-17-28(13-14-31-22)24(26-16-23(29)27(2)3)25-15-19-9-11-20(30-4)12-10-19/h5-12,22H,13-17H2,1-4H3,(H,25,26). The number of nitrogens with one attached hydrogen (secondary N) is 1. The maximum absolute atomic E-state index is 12.2. The van der Waals surface area contributed by atoms with Gasteiger partial charge in [0, 0.05) is 20.6 Å². The summed E-state index contributed by atoms with van der Waals surface area (Å²) in [7, 11) is 5.16. The van der Waals surface area contributed by atoms with Crippen molar-refractivity contribution in [1.82, 2.24) is 15.1 Å². The number of guanidine groups is 1. The molecule has 2 aromatic carbocycles. The Hall–Kier alpha value is -3.06. The average molecular weight is 425 g/mol. The molecule has 0 radical (unpaired) electrons. The lowest BCUT2D eigenvalue weighted by atomic mass is 10.0. The molecular weight excluding hydrogens is 392 g/mol. The fourth-order valence-corrected chi connectivity index (χ4v) is 3.46. The zero-order valence-corrected chi connectivity index (χ0v) is 18.8. The number of carbonyl (C=O) groups excluding carboxylic acids is 1. The third-order valence-electron chi connectivity index (χ3n) is 5.37. The fourth-order valence-electron chi connectivity index (χ4n) is 3.46. The maximum atomic E-state index is 12.2. The average Bonchev–Trinajstić information content (AvgIpc) is 2.79. The van der Waals surface area contributed by atoms with Gasteiger partial charge in [0.2, 0.25) is 5.91 Å². The Balaban J connectivity index is 1.76. The summed E-state index contributed by atoms with van der Waals surface area (Å²) in [5.41, 5.74) is 3.47. The molecule has 166 valence electrons. The quantitative estimate of drug-likeness (QED) is 0.570. The molecule has 3 rings (SSSR count). The lowest BCUT2D eigenvalue weighted by Crippen LogP contribution is -2.50. The highest BCUT2D eigenvalue weighted by Crippen LogP contribution is 2.25. The smallest absolute Gasteiger partial charge is 0.241 e. The van der Waals surface area contributed by atoms with Gasteiger partial charge in [-0.1, -0.05) is 36.4 Å². The maximum Gasteiger partial charge on any atom is 0.241 e. The van der Waals surface area contributed by atoms with Crippen LogP contribution in [0.5, 0.6) is 5.75 Å². The van der Waals surface area contributed by atoms with Crippen molar-refractivity contribution in [2.75, 3.05) is 47.4 Å².